The molecule has 1 amide bonds. The molecule has 22 heavy (non-hydrogen) atoms. The SMILES string of the molecule is CC(N)CCNC(=O)Cn1c(=O)[nH]c2ccccc2c1=O.Cl. The van der Waals surface area contributed by atoms with Crippen molar-refractivity contribution >= 4 is 29.2 Å². The third-order valence-corrected chi connectivity index (χ3v) is 3.11. The van der Waals surface area contributed by atoms with E-state index in [2.05, 4.69) is 10.3 Å². The number of nitrogens with one attached hydrogen (secondary N) is 2. The second kappa shape index (κ2) is 7.77. The summed E-state index contributed by atoms with van der Waals surface area (Å²) in [6.07, 6.45) is 0.634. The van der Waals surface area contributed by atoms with E-state index in [0.29, 0.717) is 23.9 Å². The van der Waals surface area contributed by atoms with Gasteiger partial charge in [0, 0.05) is 12.6 Å². The van der Waals surface area contributed by atoms with Gasteiger partial charge in [0.25, 0.3) is 5.56 Å². The molecule has 1 atom stereocenters. The lowest BCUT2D eigenvalue weighted by atomic mass is 10.2. The molecule has 8 heteroatoms. The molecule has 7 nitrogen and oxygen atoms in total. The first kappa shape index (κ1) is 17.9. The van der Waals surface area contributed by atoms with E-state index in [4.69, 9.17) is 5.73 Å². The average molecular weight is 327 g/mol. The van der Waals surface area contributed by atoms with E-state index >= 15 is 0 Å². The van der Waals surface area contributed by atoms with Gasteiger partial charge in [-0.15, -0.1) is 12.4 Å². The van der Waals surface area contributed by atoms with Gasteiger partial charge in [-0.2, -0.15) is 0 Å². The molecule has 2 aromatic rings. The fourth-order valence-electron chi connectivity index (χ4n) is 1.98. The number of para-hydroxylation sites is 1. The maximum absolute atomic E-state index is 12.2. The number of hydrogen-bond donors (Lipinski definition) is 3. The molecule has 0 aliphatic heterocycles. The summed E-state index contributed by atoms with van der Waals surface area (Å²) < 4.78 is 0.892. The number of fused-ring (bicyclic) bond motifs is 1. The van der Waals surface area contributed by atoms with Crippen molar-refractivity contribution in [2.75, 3.05) is 6.54 Å². The van der Waals surface area contributed by atoms with Crippen molar-refractivity contribution < 1.29 is 4.79 Å². The number of benzene rings is 1. The van der Waals surface area contributed by atoms with Gasteiger partial charge in [0.2, 0.25) is 5.91 Å². The van der Waals surface area contributed by atoms with Crippen LogP contribution in [0.5, 0.6) is 0 Å². The molecule has 120 valence electrons. The summed E-state index contributed by atoms with van der Waals surface area (Å²) in [5, 5.41) is 3.01. The Labute approximate surface area is 132 Å². The molecule has 0 saturated heterocycles. The first-order chi connectivity index (χ1) is 9.99. The van der Waals surface area contributed by atoms with Gasteiger partial charge < -0.3 is 16.0 Å². The predicted octanol–water partition coefficient (Wildman–Crippen LogP) is -0.0349. The van der Waals surface area contributed by atoms with E-state index in [1.165, 1.54) is 0 Å². The molecule has 2 rings (SSSR count). The van der Waals surface area contributed by atoms with Gasteiger partial charge in [0.05, 0.1) is 10.9 Å². The summed E-state index contributed by atoms with van der Waals surface area (Å²) in [5.41, 5.74) is 4.97. The zero-order chi connectivity index (χ0) is 15.4. The number of aromatic amines is 1. The number of rotatable bonds is 5. The summed E-state index contributed by atoms with van der Waals surface area (Å²) in [6, 6.07) is 6.67. The largest absolute Gasteiger partial charge is 0.354 e. The second-order valence-corrected chi connectivity index (χ2v) is 4.98. The van der Waals surface area contributed by atoms with Gasteiger partial charge >= 0.3 is 5.69 Å². The maximum Gasteiger partial charge on any atom is 0.329 e. The van der Waals surface area contributed by atoms with Crippen LogP contribution in [-0.2, 0) is 11.3 Å². The minimum absolute atomic E-state index is 0. The fraction of sp³-hybridized carbons (Fsp3) is 0.357. The number of aromatic nitrogens is 2. The number of H-pyrrole nitrogens is 1. The molecule has 1 heterocycles. The molecule has 4 N–H and O–H groups in total. The molecule has 1 aromatic heterocycles. The summed E-state index contributed by atoms with van der Waals surface area (Å²) >= 11 is 0. The van der Waals surface area contributed by atoms with Crippen LogP contribution < -0.4 is 22.3 Å². The summed E-state index contributed by atoms with van der Waals surface area (Å²) in [4.78, 5) is 38.4. The van der Waals surface area contributed by atoms with Gasteiger partial charge in [-0.25, -0.2) is 4.79 Å². The van der Waals surface area contributed by atoms with Crippen LogP contribution in [0, 0.1) is 0 Å². The number of carbonyl (C=O) groups excluding carboxylic acids is 1. The van der Waals surface area contributed by atoms with E-state index in [-0.39, 0.29) is 25.0 Å². The van der Waals surface area contributed by atoms with Gasteiger partial charge in [-0.05, 0) is 25.5 Å². The topological polar surface area (TPSA) is 110 Å². The minimum Gasteiger partial charge on any atom is -0.354 e. The summed E-state index contributed by atoms with van der Waals surface area (Å²) in [5.74, 6) is -0.390. The van der Waals surface area contributed by atoms with Crippen LogP contribution in [0.2, 0.25) is 0 Å². The Morgan fingerprint density at radius 3 is 2.73 bits per heavy atom. The van der Waals surface area contributed by atoms with Crippen molar-refractivity contribution in [3.63, 3.8) is 0 Å². The van der Waals surface area contributed by atoms with Gasteiger partial charge in [0.15, 0.2) is 0 Å². The lowest BCUT2D eigenvalue weighted by molar-refractivity contribution is -0.121. The van der Waals surface area contributed by atoms with Crippen molar-refractivity contribution in [3.8, 4) is 0 Å². The van der Waals surface area contributed by atoms with E-state index in [9.17, 15) is 14.4 Å². The molecule has 0 radical (unpaired) electrons. The molecule has 0 spiro atoms. The standard InChI is InChI=1S/C14H18N4O3.ClH/c1-9(15)6-7-16-12(19)8-18-13(20)10-4-2-3-5-11(10)17-14(18)21;/h2-5,9H,6-8,15H2,1H3,(H,16,19)(H,17,21);1H. The highest BCUT2D eigenvalue weighted by atomic mass is 35.5. The van der Waals surface area contributed by atoms with Gasteiger partial charge in [-0.3, -0.25) is 14.2 Å². The molecular weight excluding hydrogens is 308 g/mol. The van der Waals surface area contributed by atoms with Crippen molar-refractivity contribution in [3.05, 3.63) is 45.1 Å². The number of nitrogens with two attached hydrogens (primary N) is 1. The zero-order valence-electron chi connectivity index (χ0n) is 12.2. The normalized spacial score (nSPS) is 11.7. The van der Waals surface area contributed by atoms with Crippen LogP contribution in [0.1, 0.15) is 13.3 Å². The number of nitrogens with zero attached hydrogens (tertiary/aromatic N) is 1. The van der Waals surface area contributed by atoms with Crippen molar-refractivity contribution in [1.29, 1.82) is 0 Å². The van der Waals surface area contributed by atoms with Crippen LogP contribution in [0.3, 0.4) is 0 Å². The lowest BCUT2D eigenvalue weighted by Gasteiger charge is -2.09. The molecule has 0 bridgehead atoms. The zero-order valence-corrected chi connectivity index (χ0v) is 13.0. The van der Waals surface area contributed by atoms with Crippen molar-refractivity contribution in [1.82, 2.24) is 14.9 Å². The summed E-state index contributed by atoms with van der Waals surface area (Å²) in [6.45, 7) is 1.94. The highest BCUT2D eigenvalue weighted by molar-refractivity contribution is 5.85. The highest BCUT2D eigenvalue weighted by Gasteiger charge is 2.10. The van der Waals surface area contributed by atoms with Gasteiger partial charge in [-0.1, -0.05) is 12.1 Å². The Morgan fingerprint density at radius 1 is 1.36 bits per heavy atom. The first-order valence-corrected chi connectivity index (χ1v) is 6.73. The third-order valence-electron chi connectivity index (χ3n) is 3.11. The molecule has 1 aromatic carbocycles. The Bertz CT molecular complexity index is 767. The number of carbonyl (C=O) groups is 1. The van der Waals surface area contributed by atoms with Crippen molar-refractivity contribution in [2.24, 2.45) is 5.73 Å². The van der Waals surface area contributed by atoms with E-state index in [0.717, 1.165) is 4.57 Å². The van der Waals surface area contributed by atoms with E-state index in [1.54, 1.807) is 24.3 Å². The van der Waals surface area contributed by atoms with Gasteiger partial charge in [0.1, 0.15) is 6.54 Å². The average Bonchev–Trinajstić information content (AvgIpc) is 2.43. The maximum atomic E-state index is 12.2. The van der Waals surface area contributed by atoms with E-state index in [1.807, 2.05) is 6.92 Å². The molecule has 0 saturated carbocycles. The van der Waals surface area contributed by atoms with Crippen LogP contribution >= 0.6 is 12.4 Å². The minimum atomic E-state index is -0.596. The summed E-state index contributed by atoms with van der Waals surface area (Å²) in [7, 11) is 0. The molecule has 1 unspecified atom stereocenters. The third kappa shape index (κ3) is 4.19. The fourth-order valence-corrected chi connectivity index (χ4v) is 1.98. The lowest BCUT2D eigenvalue weighted by Crippen LogP contribution is -2.41. The van der Waals surface area contributed by atoms with Crippen LogP contribution in [0.25, 0.3) is 10.9 Å². The number of hydrogen-bond acceptors (Lipinski definition) is 4. The number of halogens is 1. The van der Waals surface area contributed by atoms with Crippen LogP contribution in [-0.4, -0.2) is 28.0 Å². The smallest absolute Gasteiger partial charge is 0.329 e. The Balaban J connectivity index is 0.00000242. The quantitative estimate of drug-likeness (QED) is 0.716. The number of amides is 1. The highest BCUT2D eigenvalue weighted by Crippen LogP contribution is 2.02. The molecule has 0 fully saturated rings. The Hall–Kier alpha value is -2.12. The second-order valence-electron chi connectivity index (χ2n) is 4.98. The molecule has 0 aliphatic carbocycles. The first-order valence-electron chi connectivity index (χ1n) is 6.73. The Morgan fingerprint density at radius 2 is 2.05 bits per heavy atom. The monoisotopic (exact) mass is 326 g/mol. The van der Waals surface area contributed by atoms with Crippen LogP contribution in [0.4, 0.5) is 0 Å². The van der Waals surface area contributed by atoms with Crippen molar-refractivity contribution in [2.45, 2.75) is 25.9 Å². The Kier molecular flexibility index (Phi) is 6.33. The molecular formula is C14H19ClN4O3. The van der Waals surface area contributed by atoms with Crippen LogP contribution in [0.15, 0.2) is 33.9 Å². The van der Waals surface area contributed by atoms with E-state index < -0.39 is 17.2 Å². The predicted molar refractivity (Wildman–Crippen MR) is 87.4 cm³/mol. The molecule has 0 aliphatic rings.